The lowest BCUT2D eigenvalue weighted by atomic mass is 9.93. The normalized spacial score (nSPS) is 24.1. The van der Waals surface area contributed by atoms with Gasteiger partial charge in [0, 0.05) is 8.80 Å². The fourth-order valence-electron chi connectivity index (χ4n) is 3.23. The third-order valence-corrected chi connectivity index (χ3v) is 7.91. The van der Waals surface area contributed by atoms with E-state index in [1.165, 1.54) is 49.8 Å². The van der Waals surface area contributed by atoms with Crippen molar-refractivity contribution in [3.8, 4) is 0 Å². The predicted molar refractivity (Wildman–Crippen MR) is 79.5 cm³/mol. The average molecular weight is 264 g/mol. The highest BCUT2D eigenvalue weighted by Crippen LogP contribution is 2.35. The maximum Gasteiger partial charge on any atom is 0.123 e. The molecular formula is C16H25FSi. The summed E-state index contributed by atoms with van der Waals surface area (Å²) >= 11 is 0. The van der Waals surface area contributed by atoms with Gasteiger partial charge in [-0.05, 0) is 36.5 Å². The molecule has 1 heterocycles. The van der Waals surface area contributed by atoms with Crippen molar-refractivity contribution in [3.05, 3.63) is 35.6 Å². The van der Waals surface area contributed by atoms with E-state index in [2.05, 4.69) is 13.0 Å². The third-order valence-electron chi connectivity index (χ3n) is 4.38. The molecule has 0 saturated carbocycles. The first kappa shape index (κ1) is 13.8. The molecular weight excluding hydrogens is 239 g/mol. The van der Waals surface area contributed by atoms with E-state index in [9.17, 15) is 4.39 Å². The largest absolute Gasteiger partial charge is 0.207 e. The molecule has 0 aromatic heterocycles. The van der Waals surface area contributed by atoms with Crippen molar-refractivity contribution in [2.75, 3.05) is 0 Å². The summed E-state index contributed by atoms with van der Waals surface area (Å²) in [6.07, 6.45) is 6.83. The second-order valence-electron chi connectivity index (χ2n) is 5.77. The molecule has 1 aliphatic rings. The molecule has 0 aliphatic carbocycles. The van der Waals surface area contributed by atoms with Gasteiger partial charge in [0.2, 0.25) is 0 Å². The molecule has 1 saturated heterocycles. The van der Waals surface area contributed by atoms with Gasteiger partial charge in [-0.2, -0.15) is 0 Å². The second kappa shape index (κ2) is 7.08. The van der Waals surface area contributed by atoms with Crippen LogP contribution in [0.1, 0.15) is 50.5 Å². The van der Waals surface area contributed by atoms with Crippen LogP contribution in [0.15, 0.2) is 24.3 Å². The van der Waals surface area contributed by atoms with E-state index < -0.39 is 8.80 Å². The van der Waals surface area contributed by atoms with Crippen LogP contribution in [0.25, 0.3) is 0 Å². The van der Waals surface area contributed by atoms with Gasteiger partial charge in [0.05, 0.1) is 0 Å². The SMILES string of the molecule is CCCCC[SiH]1CCC(c2cccc(F)c2)CC1. The standard InChI is InChI=1S/C16H25FSi/c1-2-3-4-10-18-11-8-14(9-12-18)15-6-5-7-16(17)13-15/h5-7,13-14,18H,2-4,8-12H2,1H3. The van der Waals surface area contributed by atoms with Crippen molar-refractivity contribution >= 4 is 8.80 Å². The summed E-state index contributed by atoms with van der Waals surface area (Å²) in [5.41, 5.74) is 1.23. The van der Waals surface area contributed by atoms with Crippen LogP contribution in [0.4, 0.5) is 4.39 Å². The van der Waals surface area contributed by atoms with Crippen molar-refractivity contribution in [3.63, 3.8) is 0 Å². The molecule has 2 heteroatoms. The van der Waals surface area contributed by atoms with E-state index in [0.29, 0.717) is 5.92 Å². The highest BCUT2D eigenvalue weighted by Gasteiger charge is 2.22. The molecule has 1 aromatic carbocycles. The van der Waals surface area contributed by atoms with Crippen molar-refractivity contribution < 1.29 is 4.39 Å². The number of rotatable bonds is 5. The molecule has 0 atom stereocenters. The predicted octanol–water partition coefficient (Wildman–Crippen LogP) is 5.12. The highest BCUT2D eigenvalue weighted by atomic mass is 28.3. The molecule has 1 aliphatic heterocycles. The summed E-state index contributed by atoms with van der Waals surface area (Å²) in [7, 11) is -0.426. The van der Waals surface area contributed by atoms with Gasteiger partial charge >= 0.3 is 0 Å². The molecule has 0 bridgehead atoms. The Kier molecular flexibility index (Phi) is 5.42. The summed E-state index contributed by atoms with van der Waals surface area (Å²) in [4.78, 5) is 0. The van der Waals surface area contributed by atoms with Gasteiger partial charge < -0.3 is 0 Å². The van der Waals surface area contributed by atoms with E-state index in [0.717, 1.165) is 0 Å². The Balaban J connectivity index is 1.79. The molecule has 0 amide bonds. The van der Waals surface area contributed by atoms with Gasteiger partial charge in [0.25, 0.3) is 0 Å². The molecule has 1 aromatic rings. The number of benzene rings is 1. The van der Waals surface area contributed by atoms with Crippen LogP contribution < -0.4 is 0 Å². The lowest BCUT2D eigenvalue weighted by Crippen LogP contribution is -2.20. The minimum absolute atomic E-state index is 0.0742. The molecule has 0 N–H and O–H groups in total. The van der Waals surface area contributed by atoms with E-state index in [1.54, 1.807) is 18.2 Å². The lowest BCUT2D eigenvalue weighted by Gasteiger charge is -2.28. The maximum absolute atomic E-state index is 13.2. The first-order chi connectivity index (χ1) is 8.79. The number of hydrogen-bond donors (Lipinski definition) is 0. The first-order valence-corrected chi connectivity index (χ1v) is 10.00. The zero-order valence-electron chi connectivity index (χ0n) is 11.5. The lowest BCUT2D eigenvalue weighted by molar-refractivity contribution is 0.587. The van der Waals surface area contributed by atoms with Crippen LogP contribution in [0.5, 0.6) is 0 Å². The molecule has 0 radical (unpaired) electrons. The quantitative estimate of drug-likeness (QED) is 0.511. The molecule has 2 rings (SSSR count). The van der Waals surface area contributed by atoms with Crippen molar-refractivity contribution in [1.29, 1.82) is 0 Å². The van der Waals surface area contributed by atoms with Gasteiger partial charge in [0.15, 0.2) is 0 Å². The van der Waals surface area contributed by atoms with Crippen LogP contribution >= 0.6 is 0 Å². The van der Waals surface area contributed by atoms with Crippen LogP contribution in [0.3, 0.4) is 0 Å². The van der Waals surface area contributed by atoms with Gasteiger partial charge in [-0.3, -0.25) is 0 Å². The Morgan fingerprint density at radius 1 is 1.22 bits per heavy atom. The Hall–Kier alpha value is -0.633. The molecule has 0 nitrogen and oxygen atoms in total. The van der Waals surface area contributed by atoms with Crippen molar-refractivity contribution in [2.24, 2.45) is 0 Å². The van der Waals surface area contributed by atoms with Gasteiger partial charge in [0.1, 0.15) is 5.82 Å². The molecule has 100 valence electrons. The maximum atomic E-state index is 13.2. The zero-order valence-corrected chi connectivity index (χ0v) is 12.7. The van der Waals surface area contributed by atoms with Gasteiger partial charge in [-0.15, -0.1) is 0 Å². The van der Waals surface area contributed by atoms with E-state index >= 15 is 0 Å². The Labute approximate surface area is 112 Å². The highest BCUT2D eigenvalue weighted by molar-refractivity contribution is 6.59. The third kappa shape index (κ3) is 3.94. The summed E-state index contributed by atoms with van der Waals surface area (Å²) in [6, 6.07) is 11.7. The van der Waals surface area contributed by atoms with E-state index in [-0.39, 0.29) is 5.82 Å². The molecule has 0 unspecified atom stereocenters. The average Bonchev–Trinajstić information content (AvgIpc) is 2.40. The summed E-state index contributed by atoms with van der Waals surface area (Å²) < 4.78 is 13.2. The van der Waals surface area contributed by atoms with E-state index in [4.69, 9.17) is 0 Å². The summed E-state index contributed by atoms with van der Waals surface area (Å²) in [6.45, 7) is 2.28. The Morgan fingerprint density at radius 2 is 2.00 bits per heavy atom. The molecule has 0 spiro atoms. The van der Waals surface area contributed by atoms with Crippen molar-refractivity contribution in [2.45, 2.75) is 63.1 Å². The fourth-order valence-corrected chi connectivity index (χ4v) is 6.71. The van der Waals surface area contributed by atoms with Gasteiger partial charge in [-0.25, -0.2) is 4.39 Å². The second-order valence-corrected chi connectivity index (χ2v) is 9.23. The minimum Gasteiger partial charge on any atom is -0.207 e. The summed E-state index contributed by atoms with van der Waals surface area (Å²) in [5.74, 6) is 0.561. The van der Waals surface area contributed by atoms with Crippen molar-refractivity contribution in [1.82, 2.24) is 0 Å². The summed E-state index contributed by atoms with van der Waals surface area (Å²) in [5, 5.41) is 0. The van der Waals surface area contributed by atoms with Crippen LogP contribution in [-0.2, 0) is 0 Å². The minimum atomic E-state index is -0.426. The fraction of sp³-hybridized carbons (Fsp3) is 0.625. The Morgan fingerprint density at radius 3 is 2.67 bits per heavy atom. The van der Waals surface area contributed by atoms with E-state index in [1.807, 2.05) is 6.07 Å². The van der Waals surface area contributed by atoms with Gasteiger partial charge in [-0.1, -0.05) is 56.5 Å². The Bertz CT molecular complexity index is 356. The number of hydrogen-bond acceptors (Lipinski definition) is 0. The van der Waals surface area contributed by atoms with Crippen LogP contribution in [0.2, 0.25) is 18.1 Å². The molecule has 18 heavy (non-hydrogen) atoms. The first-order valence-electron chi connectivity index (χ1n) is 7.55. The topological polar surface area (TPSA) is 0 Å². The number of halogens is 1. The monoisotopic (exact) mass is 264 g/mol. The number of unbranched alkanes of at least 4 members (excludes halogenated alkanes) is 2. The molecule has 1 fully saturated rings. The van der Waals surface area contributed by atoms with Crippen LogP contribution in [0, 0.1) is 5.82 Å². The zero-order chi connectivity index (χ0) is 12.8. The van der Waals surface area contributed by atoms with Crippen LogP contribution in [-0.4, -0.2) is 8.80 Å². The smallest absolute Gasteiger partial charge is 0.123 e.